The minimum atomic E-state index is -0.816. The molecule has 0 aromatic heterocycles. The van der Waals surface area contributed by atoms with Gasteiger partial charge in [0.2, 0.25) is 0 Å². The van der Waals surface area contributed by atoms with Gasteiger partial charge in [-0.2, -0.15) is 0 Å². The predicted molar refractivity (Wildman–Crippen MR) is 113 cm³/mol. The van der Waals surface area contributed by atoms with Gasteiger partial charge in [-0.1, -0.05) is 12.1 Å². The molecular formula is C22H21N3O6. The monoisotopic (exact) mass is 423 g/mol. The van der Waals surface area contributed by atoms with E-state index in [0.29, 0.717) is 11.3 Å². The Labute approximate surface area is 178 Å². The van der Waals surface area contributed by atoms with Crippen molar-refractivity contribution in [2.24, 2.45) is 5.73 Å². The molecule has 0 spiro atoms. The Hall–Kier alpha value is -4.14. The Bertz CT molecular complexity index is 1120. The van der Waals surface area contributed by atoms with Gasteiger partial charge in [-0.25, -0.2) is 9.69 Å². The first kappa shape index (κ1) is 21.6. The Morgan fingerprint density at radius 1 is 1.06 bits per heavy atom. The van der Waals surface area contributed by atoms with E-state index >= 15 is 0 Å². The minimum absolute atomic E-state index is 0.217. The fourth-order valence-electron chi connectivity index (χ4n) is 2.97. The lowest BCUT2D eigenvalue weighted by Gasteiger charge is -2.26. The number of carbonyl (C=O) groups is 4. The summed E-state index contributed by atoms with van der Waals surface area (Å²) in [5, 5.41) is 2.19. The Balaban J connectivity index is 1.96. The summed E-state index contributed by atoms with van der Waals surface area (Å²) in [5.41, 5.74) is 7.58. The van der Waals surface area contributed by atoms with Gasteiger partial charge in [0.15, 0.2) is 18.1 Å². The highest BCUT2D eigenvalue weighted by Crippen LogP contribution is 2.30. The summed E-state index contributed by atoms with van der Waals surface area (Å²) in [6, 6.07) is 8.94. The van der Waals surface area contributed by atoms with Crippen molar-refractivity contribution < 1.29 is 28.7 Å². The molecule has 1 aliphatic heterocycles. The number of nitrogens with zero attached hydrogens (tertiary/aromatic N) is 1. The number of benzene rings is 2. The summed E-state index contributed by atoms with van der Waals surface area (Å²) in [5.74, 6) is -1.64. The average molecular weight is 423 g/mol. The lowest BCUT2D eigenvalue weighted by Crippen LogP contribution is -2.54. The van der Waals surface area contributed by atoms with Crippen LogP contribution in [0.2, 0.25) is 0 Å². The lowest BCUT2D eigenvalue weighted by atomic mass is 10.0. The summed E-state index contributed by atoms with van der Waals surface area (Å²) < 4.78 is 10.5. The average Bonchev–Trinajstić information content (AvgIpc) is 2.72. The number of urea groups is 1. The number of barbiturate groups is 1. The maximum Gasteiger partial charge on any atom is 0.335 e. The number of methoxy groups -OCH3 is 1. The van der Waals surface area contributed by atoms with E-state index < -0.39 is 23.8 Å². The molecule has 0 bridgehead atoms. The molecule has 3 rings (SSSR count). The van der Waals surface area contributed by atoms with E-state index in [1.165, 1.54) is 25.3 Å². The molecule has 0 saturated carbocycles. The molecule has 3 N–H and O–H groups in total. The summed E-state index contributed by atoms with van der Waals surface area (Å²) >= 11 is 0. The van der Waals surface area contributed by atoms with Crippen molar-refractivity contribution >= 4 is 35.5 Å². The number of imide groups is 2. The van der Waals surface area contributed by atoms with Crippen molar-refractivity contribution in [1.29, 1.82) is 0 Å². The fraction of sp³-hybridized carbons (Fsp3) is 0.182. The molecule has 1 saturated heterocycles. The third kappa shape index (κ3) is 4.55. The molecule has 5 amide bonds. The van der Waals surface area contributed by atoms with Crippen molar-refractivity contribution in [3.8, 4) is 11.5 Å². The number of aryl methyl sites for hydroxylation is 2. The third-order valence-corrected chi connectivity index (χ3v) is 4.72. The molecular weight excluding hydrogens is 402 g/mol. The van der Waals surface area contributed by atoms with E-state index in [1.54, 1.807) is 24.3 Å². The molecule has 2 aromatic rings. The molecule has 1 aliphatic rings. The largest absolute Gasteiger partial charge is 0.493 e. The first-order chi connectivity index (χ1) is 14.7. The normalized spacial score (nSPS) is 15.1. The number of anilines is 1. The van der Waals surface area contributed by atoms with E-state index in [-0.39, 0.29) is 23.7 Å². The minimum Gasteiger partial charge on any atom is -0.493 e. The molecule has 9 heteroatoms. The molecule has 2 aromatic carbocycles. The highest BCUT2D eigenvalue weighted by molar-refractivity contribution is 6.39. The first-order valence-corrected chi connectivity index (χ1v) is 9.29. The van der Waals surface area contributed by atoms with Crippen LogP contribution in [-0.4, -0.2) is 37.5 Å². The summed E-state index contributed by atoms with van der Waals surface area (Å²) in [6.45, 7) is 3.45. The van der Waals surface area contributed by atoms with Crippen molar-refractivity contribution in [3.63, 3.8) is 0 Å². The number of amides is 5. The van der Waals surface area contributed by atoms with Gasteiger partial charge < -0.3 is 15.2 Å². The highest BCUT2D eigenvalue weighted by Gasteiger charge is 2.36. The molecule has 0 atom stereocenters. The van der Waals surface area contributed by atoms with Crippen LogP contribution in [0.1, 0.15) is 16.7 Å². The molecule has 1 heterocycles. The van der Waals surface area contributed by atoms with Crippen LogP contribution in [0.3, 0.4) is 0 Å². The van der Waals surface area contributed by atoms with Gasteiger partial charge in [0.1, 0.15) is 5.57 Å². The zero-order chi connectivity index (χ0) is 22.7. The second-order valence-electron chi connectivity index (χ2n) is 6.89. The quantitative estimate of drug-likeness (QED) is 0.539. The molecule has 31 heavy (non-hydrogen) atoms. The van der Waals surface area contributed by atoms with Crippen LogP contribution in [0.4, 0.5) is 10.5 Å². The predicted octanol–water partition coefficient (Wildman–Crippen LogP) is 1.84. The summed E-state index contributed by atoms with van der Waals surface area (Å²) in [7, 11) is 1.40. The Kier molecular flexibility index (Phi) is 6.05. The molecule has 160 valence electrons. The summed E-state index contributed by atoms with van der Waals surface area (Å²) in [6.07, 6.45) is 1.35. The highest BCUT2D eigenvalue weighted by atomic mass is 16.5. The zero-order valence-electron chi connectivity index (χ0n) is 17.2. The number of hydrogen-bond acceptors (Lipinski definition) is 6. The number of nitrogens with two attached hydrogens (primary N) is 1. The van der Waals surface area contributed by atoms with E-state index in [9.17, 15) is 19.2 Å². The zero-order valence-corrected chi connectivity index (χ0v) is 17.2. The van der Waals surface area contributed by atoms with Gasteiger partial charge in [-0.3, -0.25) is 19.7 Å². The fourth-order valence-corrected chi connectivity index (χ4v) is 2.97. The molecule has 0 aliphatic carbocycles. The van der Waals surface area contributed by atoms with Gasteiger partial charge in [0.05, 0.1) is 12.8 Å². The van der Waals surface area contributed by atoms with Crippen LogP contribution in [0, 0.1) is 13.8 Å². The van der Waals surface area contributed by atoms with Crippen LogP contribution in [0.25, 0.3) is 6.08 Å². The number of carbonyl (C=O) groups excluding carboxylic acids is 4. The second kappa shape index (κ2) is 8.70. The van der Waals surface area contributed by atoms with Crippen LogP contribution in [-0.2, 0) is 14.4 Å². The number of nitrogens with one attached hydrogen (secondary N) is 1. The van der Waals surface area contributed by atoms with Crippen molar-refractivity contribution in [1.82, 2.24) is 5.32 Å². The van der Waals surface area contributed by atoms with Crippen molar-refractivity contribution in [2.45, 2.75) is 13.8 Å². The molecule has 0 unspecified atom stereocenters. The number of rotatable bonds is 6. The topological polar surface area (TPSA) is 128 Å². The number of hydrogen-bond donors (Lipinski definition) is 2. The molecule has 0 radical (unpaired) electrons. The van der Waals surface area contributed by atoms with Gasteiger partial charge in [0.25, 0.3) is 17.7 Å². The van der Waals surface area contributed by atoms with Crippen LogP contribution in [0.15, 0.2) is 42.0 Å². The first-order valence-electron chi connectivity index (χ1n) is 9.29. The number of primary amides is 1. The Morgan fingerprint density at radius 2 is 1.81 bits per heavy atom. The Morgan fingerprint density at radius 3 is 2.45 bits per heavy atom. The summed E-state index contributed by atoms with van der Waals surface area (Å²) in [4.78, 5) is 49.6. The second-order valence-corrected chi connectivity index (χ2v) is 6.89. The van der Waals surface area contributed by atoms with Crippen LogP contribution >= 0.6 is 0 Å². The van der Waals surface area contributed by atoms with E-state index in [0.717, 1.165) is 16.0 Å². The van der Waals surface area contributed by atoms with E-state index in [1.807, 2.05) is 13.8 Å². The van der Waals surface area contributed by atoms with Crippen molar-refractivity contribution in [2.75, 3.05) is 18.6 Å². The smallest absolute Gasteiger partial charge is 0.335 e. The third-order valence-electron chi connectivity index (χ3n) is 4.72. The van der Waals surface area contributed by atoms with Gasteiger partial charge in [-0.05, 0) is 60.9 Å². The van der Waals surface area contributed by atoms with E-state index in [2.05, 4.69) is 5.32 Å². The molecule has 9 nitrogen and oxygen atoms in total. The van der Waals surface area contributed by atoms with Gasteiger partial charge >= 0.3 is 6.03 Å². The van der Waals surface area contributed by atoms with Crippen LogP contribution < -0.4 is 25.4 Å². The van der Waals surface area contributed by atoms with Gasteiger partial charge in [-0.15, -0.1) is 0 Å². The standard InChI is InChI=1S/C22H21N3O6/c1-12-4-6-15(8-13(12)2)25-21(28)16(20(27)24-22(25)29)9-14-5-7-17(18(10-14)30-3)31-11-19(23)26/h4-10H,11H2,1-3H3,(H2,23,26)(H,24,27,29)/b16-9+. The SMILES string of the molecule is COc1cc(/C=C2\C(=O)NC(=O)N(c3ccc(C)c(C)c3)C2=O)ccc1OCC(N)=O. The van der Waals surface area contributed by atoms with Gasteiger partial charge in [0, 0.05) is 0 Å². The molecule has 1 fully saturated rings. The van der Waals surface area contributed by atoms with Crippen LogP contribution in [0.5, 0.6) is 11.5 Å². The van der Waals surface area contributed by atoms with E-state index in [4.69, 9.17) is 15.2 Å². The maximum absolute atomic E-state index is 13.0. The lowest BCUT2D eigenvalue weighted by molar-refractivity contribution is -0.123. The maximum atomic E-state index is 13.0. The van der Waals surface area contributed by atoms with Crippen molar-refractivity contribution in [3.05, 3.63) is 58.7 Å². The number of ether oxygens (including phenoxy) is 2.